The molecule has 0 aliphatic carbocycles. The molecule has 130 valence electrons. The van der Waals surface area contributed by atoms with Gasteiger partial charge >= 0.3 is 6.09 Å². The van der Waals surface area contributed by atoms with Crippen molar-refractivity contribution in [1.29, 1.82) is 0 Å². The number of carbonyl (C=O) groups excluding carboxylic acids is 1. The zero-order chi connectivity index (χ0) is 17.1. The largest absolute Gasteiger partial charge is 0.444 e. The minimum absolute atomic E-state index is 0.258. The van der Waals surface area contributed by atoms with Crippen LogP contribution in [0.25, 0.3) is 0 Å². The van der Waals surface area contributed by atoms with Gasteiger partial charge in [0.1, 0.15) is 18.0 Å². The summed E-state index contributed by atoms with van der Waals surface area (Å²) in [5.74, 6) is 0.927. The summed E-state index contributed by atoms with van der Waals surface area (Å²) in [5.41, 5.74) is -0.775. The number of aryl methyl sites for hydroxylation is 1. The SMILES string of the molecule is CCn1ccnc1COC1(CC)CCN(C(=O)OC(C)(C)C)C1. The molecule has 1 unspecified atom stereocenters. The minimum atomic E-state index is -0.471. The lowest BCUT2D eigenvalue weighted by molar-refractivity contribution is -0.0560. The maximum atomic E-state index is 12.2. The predicted octanol–water partition coefficient (Wildman–Crippen LogP) is 3.21. The first kappa shape index (κ1) is 17.8. The smallest absolute Gasteiger partial charge is 0.410 e. The number of rotatable bonds is 5. The van der Waals surface area contributed by atoms with E-state index < -0.39 is 5.60 Å². The van der Waals surface area contributed by atoms with Gasteiger partial charge in [-0.2, -0.15) is 0 Å². The zero-order valence-electron chi connectivity index (χ0n) is 15.0. The zero-order valence-corrected chi connectivity index (χ0v) is 15.0. The molecule has 1 amide bonds. The van der Waals surface area contributed by atoms with Gasteiger partial charge < -0.3 is 18.9 Å². The average Bonchev–Trinajstić information content (AvgIpc) is 3.10. The van der Waals surface area contributed by atoms with Crippen LogP contribution < -0.4 is 0 Å². The van der Waals surface area contributed by atoms with E-state index in [0.29, 0.717) is 19.7 Å². The highest BCUT2D eigenvalue weighted by molar-refractivity contribution is 5.68. The normalized spacial score (nSPS) is 21.7. The summed E-state index contributed by atoms with van der Waals surface area (Å²) in [6.45, 7) is 12.4. The Morgan fingerprint density at radius 3 is 2.74 bits per heavy atom. The molecule has 0 bridgehead atoms. The number of hydrogen-bond donors (Lipinski definition) is 0. The van der Waals surface area contributed by atoms with Crippen molar-refractivity contribution in [2.24, 2.45) is 0 Å². The van der Waals surface area contributed by atoms with Crippen molar-refractivity contribution in [3.63, 3.8) is 0 Å². The maximum absolute atomic E-state index is 12.2. The molecule has 1 aliphatic heterocycles. The number of imidazole rings is 1. The summed E-state index contributed by atoms with van der Waals surface area (Å²) in [6.07, 6.45) is 5.18. The summed E-state index contributed by atoms with van der Waals surface area (Å²) in [5, 5.41) is 0. The number of aromatic nitrogens is 2. The Balaban J connectivity index is 1.96. The molecular weight excluding hydrogens is 294 g/mol. The number of amides is 1. The summed E-state index contributed by atoms with van der Waals surface area (Å²) < 4.78 is 13.7. The molecule has 2 rings (SSSR count). The second kappa shape index (κ2) is 6.91. The molecule has 1 fully saturated rings. The van der Waals surface area contributed by atoms with Gasteiger partial charge in [0.2, 0.25) is 0 Å². The van der Waals surface area contributed by atoms with Crippen LogP contribution in [0.15, 0.2) is 12.4 Å². The van der Waals surface area contributed by atoms with Gasteiger partial charge in [-0.3, -0.25) is 0 Å². The fraction of sp³-hybridized carbons (Fsp3) is 0.765. The van der Waals surface area contributed by atoms with Crippen molar-refractivity contribution in [2.45, 2.75) is 71.8 Å². The fourth-order valence-electron chi connectivity index (χ4n) is 2.82. The molecule has 6 heteroatoms. The molecule has 23 heavy (non-hydrogen) atoms. The Labute approximate surface area is 138 Å². The second-order valence-electron chi connectivity index (χ2n) is 7.11. The molecule has 1 aromatic heterocycles. The van der Waals surface area contributed by atoms with Crippen LogP contribution in [-0.2, 0) is 22.6 Å². The molecule has 0 N–H and O–H groups in total. The molecule has 0 spiro atoms. The summed E-state index contributed by atoms with van der Waals surface area (Å²) >= 11 is 0. The highest BCUT2D eigenvalue weighted by Crippen LogP contribution is 2.30. The van der Waals surface area contributed by atoms with Gasteiger partial charge in [-0.1, -0.05) is 6.92 Å². The third kappa shape index (κ3) is 4.47. The highest BCUT2D eigenvalue weighted by atomic mass is 16.6. The van der Waals surface area contributed by atoms with Gasteiger partial charge in [-0.15, -0.1) is 0 Å². The quantitative estimate of drug-likeness (QED) is 0.835. The lowest BCUT2D eigenvalue weighted by Crippen LogP contribution is -2.40. The number of hydrogen-bond acceptors (Lipinski definition) is 4. The van der Waals surface area contributed by atoms with E-state index in [1.54, 1.807) is 11.1 Å². The highest BCUT2D eigenvalue weighted by Gasteiger charge is 2.41. The molecule has 0 aromatic carbocycles. The van der Waals surface area contributed by atoms with E-state index in [0.717, 1.165) is 25.2 Å². The van der Waals surface area contributed by atoms with Crippen molar-refractivity contribution < 1.29 is 14.3 Å². The Bertz CT molecular complexity index is 535. The van der Waals surface area contributed by atoms with Gasteiger partial charge in [-0.05, 0) is 40.5 Å². The van der Waals surface area contributed by atoms with Crippen molar-refractivity contribution >= 4 is 6.09 Å². The van der Waals surface area contributed by atoms with Gasteiger partial charge in [-0.25, -0.2) is 9.78 Å². The van der Waals surface area contributed by atoms with E-state index in [9.17, 15) is 4.79 Å². The third-order valence-corrected chi connectivity index (χ3v) is 4.26. The van der Waals surface area contributed by atoms with E-state index in [2.05, 4.69) is 23.4 Å². The van der Waals surface area contributed by atoms with E-state index in [1.807, 2.05) is 27.0 Å². The van der Waals surface area contributed by atoms with E-state index in [1.165, 1.54) is 0 Å². The molecule has 0 saturated carbocycles. The van der Waals surface area contributed by atoms with Crippen LogP contribution in [0.2, 0.25) is 0 Å². The molecule has 1 aromatic rings. The summed E-state index contributed by atoms with van der Waals surface area (Å²) in [6, 6.07) is 0. The number of nitrogens with zero attached hydrogens (tertiary/aromatic N) is 3. The fourth-order valence-corrected chi connectivity index (χ4v) is 2.82. The molecule has 1 atom stereocenters. The van der Waals surface area contributed by atoms with Crippen molar-refractivity contribution in [2.75, 3.05) is 13.1 Å². The standard InChI is InChI=1S/C17H29N3O3/c1-6-17(22-12-14-18-9-11-19(14)7-2)8-10-20(13-17)15(21)23-16(3,4)5/h9,11H,6-8,10,12-13H2,1-5H3. The molecule has 6 nitrogen and oxygen atoms in total. The van der Waals surface area contributed by atoms with Crippen molar-refractivity contribution in [3.8, 4) is 0 Å². The van der Waals surface area contributed by atoms with Gasteiger partial charge in [0.05, 0.1) is 12.1 Å². The van der Waals surface area contributed by atoms with Crippen molar-refractivity contribution in [1.82, 2.24) is 14.5 Å². The van der Waals surface area contributed by atoms with Crippen LogP contribution in [-0.4, -0.2) is 44.8 Å². The monoisotopic (exact) mass is 323 g/mol. The molecule has 1 saturated heterocycles. The lowest BCUT2D eigenvalue weighted by Gasteiger charge is -2.29. The maximum Gasteiger partial charge on any atom is 0.410 e. The van der Waals surface area contributed by atoms with E-state index >= 15 is 0 Å². The van der Waals surface area contributed by atoms with Gasteiger partial charge in [0.15, 0.2) is 0 Å². The van der Waals surface area contributed by atoms with Gasteiger partial charge in [0, 0.05) is 25.5 Å². The first-order valence-corrected chi connectivity index (χ1v) is 8.40. The van der Waals surface area contributed by atoms with Crippen LogP contribution in [0.3, 0.4) is 0 Å². The average molecular weight is 323 g/mol. The summed E-state index contributed by atoms with van der Waals surface area (Å²) in [7, 11) is 0. The second-order valence-corrected chi connectivity index (χ2v) is 7.11. The Morgan fingerprint density at radius 2 is 2.13 bits per heavy atom. The molecule has 1 aliphatic rings. The van der Waals surface area contributed by atoms with Crippen LogP contribution in [0, 0.1) is 0 Å². The van der Waals surface area contributed by atoms with E-state index in [4.69, 9.17) is 9.47 Å². The molecule has 2 heterocycles. The minimum Gasteiger partial charge on any atom is -0.444 e. The Kier molecular flexibility index (Phi) is 5.34. The first-order valence-electron chi connectivity index (χ1n) is 8.40. The van der Waals surface area contributed by atoms with Crippen molar-refractivity contribution in [3.05, 3.63) is 18.2 Å². The van der Waals surface area contributed by atoms with Crippen LogP contribution in [0.4, 0.5) is 4.79 Å². The van der Waals surface area contributed by atoms with E-state index in [-0.39, 0.29) is 11.7 Å². The third-order valence-electron chi connectivity index (χ3n) is 4.26. The molecular formula is C17H29N3O3. The number of carbonyl (C=O) groups is 1. The Hall–Kier alpha value is -1.56. The number of ether oxygens (including phenoxy) is 2. The lowest BCUT2D eigenvalue weighted by atomic mass is 10.00. The summed E-state index contributed by atoms with van der Waals surface area (Å²) in [4.78, 5) is 18.3. The van der Waals surface area contributed by atoms with Crippen LogP contribution in [0.1, 0.15) is 53.3 Å². The van der Waals surface area contributed by atoms with Crippen LogP contribution >= 0.6 is 0 Å². The predicted molar refractivity (Wildman–Crippen MR) is 88.1 cm³/mol. The van der Waals surface area contributed by atoms with Gasteiger partial charge in [0.25, 0.3) is 0 Å². The topological polar surface area (TPSA) is 56.6 Å². The first-order chi connectivity index (χ1) is 10.8. The van der Waals surface area contributed by atoms with Crippen LogP contribution in [0.5, 0.6) is 0 Å². The molecule has 0 radical (unpaired) electrons. The Morgan fingerprint density at radius 1 is 1.39 bits per heavy atom. The number of likely N-dealkylation sites (tertiary alicyclic amines) is 1.